The molecule has 1 rings (SSSR count). The Morgan fingerprint density at radius 3 is 3.00 bits per heavy atom. The normalized spacial score (nSPS) is 27.3. The van der Waals surface area contributed by atoms with E-state index in [1.807, 2.05) is 7.05 Å². The summed E-state index contributed by atoms with van der Waals surface area (Å²) in [6, 6.07) is 0. The minimum atomic E-state index is 0.304. The highest BCUT2D eigenvalue weighted by molar-refractivity contribution is 4.67. The SMILES string of the molecule is CCN1CCCCC1ONC. The molecule has 1 fully saturated rings. The Morgan fingerprint density at radius 2 is 2.36 bits per heavy atom. The van der Waals surface area contributed by atoms with Crippen LogP contribution in [0.4, 0.5) is 0 Å². The van der Waals surface area contributed by atoms with Crippen molar-refractivity contribution in [1.29, 1.82) is 0 Å². The van der Waals surface area contributed by atoms with Crippen molar-refractivity contribution in [1.82, 2.24) is 10.4 Å². The van der Waals surface area contributed by atoms with Crippen molar-refractivity contribution in [2.45, 2.75) is 32.4 Å². The number of hydrogen-bond acceptors (Lipinski definition) is 3. The van der Waals surface area contributed by atoms with Crippen molar-refractivity contribution in [3.63, 3.8) is 0 Å². The standard InChI is InChI=1S/C8H18N2O/c1-3-10-7-5-4-6-8(10)11-9-2/h8-9H,3-7H2,1-2H3. The van der Waals surface area contributed by atoms with Gasteiger partial charge in [-0.15, -0.1) is 0 Å². The number of nitrogens with zero attached hydrogens (tertiary/aromatic N) is 1. The lowest BCUT2D eigenvalue weighted by Gasteiger charge is -2.33. The zero-order valence-corrected chi connectivity index (χ0v) is 7.47. The van der Waals surface area contributed by atoms with E-state index in [0.29, 0.717) is 6.23 Å². The Hall–Kier alpha value is -0.120. The summed E-state index contributed by atoms with van der Waals surface area (Å²) in [5.41, 5.74) is 2.76. The number of rotatable bonds is 3. The van der Waals surface area contributed by atoms with Gasteiger partial charge in [0.25, 0.3) is 0 Å². The molecule has 0 aliphatic carbocycles. The monoisotopic (exact) mass is 158 g/mol. The molecular weight excluding hydrogens is 140 g/mol. The zero-order valence-electron chi connectivity index (χ0n) is 7.47. The number of hydrogen-bond donors (Lipinski definition) is 1. The maximum atomic E-state index is 5.36. The molecule has 0 aromatic heterocycles. The summed E-state index contributed by atoms with van der Waals surface area (Å²) in [5.74, 6) is 0. The lowest BCUT2D eigenvalue weighted by Crippen LogP contribution is -2.43. The third-order valence-electron chi connectivity index (χ3n) is 2.21. The van der Waals surface area contributed by atoms with Crippen LogP contribution < -0.4 is 5.48 Å². The van der Waals surface area contributed by atoms with Crippen LogP contribution >= 0.6 is 0 Å². The lowest BCUT2D eigenvalue weighted by molar-refractivity contribution is -0.117. The molecule has 3 nitrogen and oxygen atoms in total. The van der Waals surface area contributed by atoms with E-state index in [-0.39, 0.29) is 0 Å². The molecular formula is C8H18N2O. The number of piperidine rings is 1. The van der Waals surface area contributed by atoms with Crippen LogP contribution in [0.3, 0.4) is 0 Å². The number of likely N-dealkylation sites (tertiary alicyclic amines) is 1. The maximum Gasteiger partial charge on any atom is 0.132 e. The van der Waals surface area contributed by atoms with Crippen LogP contribution in [0.15, 0.2) is 0 Å². The zero-order chi connectivity index (χ0) is 8.10. The van der Waals surface area contributed by atoms with Crippen molar-refractivity contribution < 1.29 is 4.84 Å². The minimum Gasteiger partial charge on any atom is -0.283 e. The molecule has 0 spiro atoms. The fraction of sp³-hybridized carbons (Fsp3) is 1.00. The number of hydroxylamine groups is 1. The quantitative estimate of drug-likeness (QED) is 0.619. The first kappa shape index (κ1) is 8.97. The Kier molecular flexibility index (Phi) is 3.83. The third-order valence-corrected chi connectivity index (χ3v) is 2.21. The van der Waals surface area contributed by atoms with Gasteiger partial charge in [-0.2, -0.15) is 0 Å². The molecule has 1 atom stereocenters. The van der Waals surface area contributed by atoms with Gasteiger partial charge in [0.2, 0.25) is 0 Å². The van der Waals surface area contributed by atoms with Crippen molar-refractivity contribution in [3.8, 4) is 0 Å². The molecule has 0 amide bonds. The van der Waals surface area contributed by atoms with Crippen molar-refractivity contribution >= 4 is 0 Å². The molecule has 1 heterocycles. The Balaban J connectivity index is 2.31. The predicted molar refractivity (Wildman–Crippen MR) is 45.0 cm³/mol. The molecule has 0 radical (unpaired) electrons. The van der Waals surface area contributed by atoms with Crippen LogP contribution in [-0.2, 0) is 4.84 Å². The van der Waals surface area contributed by atoms with Gasteiger partial charge in [0, 0.05) is 13.6 Å². The Bertz CT molecular complexity index is 106. The molecule has 1 saturated heterocycles. The van der Waals surface area contributed by atoms with Gasteiger partial charge in [-0.3, -0.25) is 9.74 Å². The Labute approximate surface area is 68.7 Å². The average Bonchev–Trinajstić information content (AvgIpc) is 2.06. The molecule has 0 aromatic carbocycles. The highest BCUT2D eigenvalue weighted by atomic mass is 16.7. The molecule has 66 valence electrons. The van der Waals surface area contributed by atoms with Crippen molar-refractivity contribution in [2.24, 2.45) is 0 Å². The van der Waals surface area contributed by atoms with Crippen LogP contribution in [-0.4, -0.2) is 31.3 Å². The summed E-state index contributed by atoms with van der Waals surface area (Å²) in [4.78, 5) is 7.72. The number of nitrogens with one attached hydrogen (secondary N) is 1. The van der Waals surface area contributed by atoms with E-state index in [4.69, 9.17) is 4.84 Å². The summed E-state index contributed by atoms with van der Waals surface area (Å²) in [6.07, 6.45) is 4.08. The van der Waals surface area contributed by atoms with Crippen LogP contribution in [0, 0.1) is 0 Å². The van der Waals surface area contributed by atoms with Gasteiger partial charge in [0.1, 0.15) is 6.23 Å². The van der Waals surface area contributed by atoms with Crippen molar-refractivity contribution in [3.05, 3.63) is 0 Å². The first-order valence-corrected chi connectivity index (χ1v) is 4.45. The smallest absolute Gasteiger partial charge is 0.132 e. The summed E-state index contributed by atoms with van der Waals surface area (Å²) < 4.78 is 0. The predicted octanol–water partition coefficient (Wildman–Crippen LogP) is 0.969. The molecule has 0 bridgehead atoms. The van der Waals surface area contributed by atoms with E-state index < -0.39 is 0 Å². The summed E-state index contributed by atoms with van der Waals surface area (Å²) in [6.45, 7) is 4.45. The fourth-order valence-electron chi connectivity index (χ4n) is 1.59. The van der Waals surface area contributed by atoms with E-state index in [1.165, 1.54) is 19.4 Å². The van der Waals surface area contributed by atoms with Gasteiger partial charge in [-0.1, -0.05) is 6.92 Å². The lowest BCUT2D eigenvalue weighted by atomic mass is 10.1. The van der Waals surface area contributed by atoms with Crippen LogP contribution in [0.25, 0.3) is 0 Å². The third kappa shape index (κ3) is 2.43. The molecule has 1 aliphatic heterocycles. The molecule has 1 aliphatic rings. The van der Waals surface area contributed by atoms with Crippen LogP contribution in [0.5, 0.6) is 0 Å². The van der Waals surface area contributed by atoms with Gasteiger partial charge in [-0.25, -0.2) is 5.48 Å². The molecule has 1 unspecified atom stereocenters. The van der Waals surface area contributed by atoms with Crippen molar-refractivity contribution in [2.75, 3.05) is 20.1 Å². The van der Waals surface area contributed by atoms with Crippen LogP contribution in [0.2, 0.25) is 0 Å². The maximum absolute atomic E-state index is 5.36. The topological polar surface area (TPSA) is 24.5 Å². The van der Waals surface area contributed by atoms with Gasteiger partial charge in [-0.05, 0) is 25.8 Å². The first-order chi connectivity index (χ1) is 5.38. The summed E-state index contributed by atoms with van der Waals surface area (Å²) in [7, 11) is 1.82. The Morgan fingerprint density at radius 1 is 1.55 bits per heavy atom. The van der Waals surface area contributed by atoms with Gasteiger partial charge in [0.15, 0.2) is 0 Å². The molecule has 0 saturated carbocycles. The van der Waals surface area contributed by atoms with E-state index in [9.17, 15) is 0 Å². The second-order valence-corrected chi connectivity index (χ2v) is 2.90. The molecule has 11 heavy (non-hydrogen) atoms. The van der Waals surface area contributed by atoms with E-state index in [1.54, 1.807) is 0 Å². The second kappa shape index (κ2) is 4.70. The van der Waals surface area contributed by atoms with E-state index >= 15 is 0 Å². The van der Waals surface area contributed by atoms with Crippen LogP contribution in [0.1, 0.15) is 26.2 Å². The molecule has 1 N–H and O–H groups in total. The highest BCUT2D eigenvalue weighted by Crippen LogP contribution is 2.16. The van der Waals surface area contributed by atoms with Gasteiger partial charge < -0.3 is 0 Å². The minimum absolute atomic E-state index is 0.304. The fourth-order valence-corrected chi connectivity index (χ4v) is 1.59. The van der Waals surface area contributed by atoms with E-state index in [2.05, 4.69) is 17.3 Å². The summed E-state index contributed by atoms with van der Waals surface area (Å²) >= 11 is 0. The molecule has 0 aromatic rings. The van der Waals surface area contributed by atoms with Gasteiger partial charge in [0.05, 0.1) is 0 Å². The second-order valence-electron chi connectivity index (χ2n) is 2.90. The molecule has 3 heteroatoms. The first-order valence-electron chi connectivity index (χ1n) is 4.45. The summed E-state index contributed by atoms with van der Waals surface area (Å²) in [5, 5.41) is 0. The average molecular weight is 158 g/mol. The van der Waals surface area contributed by atoms with E-state index in [0.717, 1.165) is 13.0 Å². The largest absolute Gasteiger partial charge is 0.283 e. The van der Waals surface area contributed by atoms with Gasteiger partial charge >= 0.3 is 0 Å². The highest BCUT2D eigenvalue weighted by Gasteiger charge is 2.20.